The third-order valence-corrected chi connectivity index (χ3v) is 3.44. The Kier molecular flexibility index (Phi) is 4.97. The van der Waals surface area contributed by atoms with Crippen LogP contribution in [0.4, 0.5) is 0 Å². The minimum absolute atomic E-state index is 0.289. The molecule has 1 aromatic carbocycles. The molecule has 0 bridgehead atoms. The molecule has 0 saturated heterocycles. The number of hydrogen-bond acceptors (Lipinski definition) is 1. The van der Waals surface area contributed by atoms with Gasteiger partial charge >= 0.3 is 0 Å². The van der Waals surface area contributed by atoms with Gasteiger partial charge in [0, 0.05) is 6.16 Å². The predicted octanol–water partition coefficient (Wildman–Crippen LogP) is 4.14. The molecule has 1 nitrogen and oxygen atoms in total. The summed E-state index contributed by atoms with van der Waals surface area (Å²) in [5.41, 5.74) is 0. The van der Waals surface area contributed by atoms with Crippen molar-refractivity contribution in [2.24, 2.45) is 5.92 Å². The van der Waals surface area contributed by atoms with E-state index >= 15 is 0 Å². The molecule has 0 saturated carbocycles. The summed E-state index contributed by atoms with van der Waals surface area (Å²) in [7, 11) is -0.289. The van der Waals surface area contributed by atoms with E-state index in [9.17, 15) is 0 Å². The second kappa shape index (κ2) is 6.03. The van der Waals surface area contributed by atoms with Crippen molar-refractivity contribution in [3.63, 3.8) is 0 Å². The molecule has 0 amide bonds. The lowest BCUT2D eigenvalue weighted by molar-refractivity contribution is 0.588. The monoisotopic (exact) mass is 210 g/mol. The van der Waals surface area contributed by atoms with Crippen molar-refractivity contribution in [2.75, 3.05) is 12.8 Å². The van der Waals surface area contributed by atoms with E-state index < -0.39 is 0 Å². The minimum Gasteiger partial charge on any atom is -0.474 e. The first kappa shape index (κ1) is 11.5. The van der Waals surface area contributed by atoms with E-state index in [0.717, 1.165) is 11.7 Å². The molecule has 2 heteroatoms. The molecule has 78 valence electrons. The SMILES string of the molecule is CC(C)CCP(C)Oc1ccccc1. The molecule has 0 N–H and O–H groups in total. The lowest BCUT2D eigenvalue weighted by Gasteiger charge is -2.14. The van der Waals surface area contributed by atoms with Crippen LogP contribution in [0.1, 0.15) is 20.3 Å². The van der Waals surface area contributed by atoms with Crippen molar-refractivity contribution in [1.82, 2.24) is 0 Å². The molecule has 0 aliphatic carbocycles. The van der Waals surface area contributed by atoms with Crippen LogP contribution in [0.2, 0.25) is 0 Å². The Morgan fingerprint density at radius 1 is 1.21 bits per heavy atom. The molecule has 0 fully saturated rings. The molecular weight excluding hydrogens is 191 g/mol. The normalized spacial score (nSPS) is 12.9. The standard InChI is InChI=1S/C12H19OP/c1-11(2)9-10-14(3)13-12-7-5-4-6-8-12/h4-8,11H,9-10H2,1-3H3. The summed E-state index contributed by atoms with van der Waals surface area (Å²) in [4.78, 5) is 0. The topological polar surface area (TPSA) is 9.23 Å². The van der Waals surface area contributed by atoms with Crippen LogP contribution in [0.15, 0.2) is 30.3 Å². The Morgan fingerprint density at radius 2 is 1.86 bits per heavy atom. The third kappa shape index (κ3) is 4.62. The molecule has 14 heavy (non-hydrogen) atoms. The Labute approximate surface area is 88.3 Å². The zero-order valence-electron chi connectivity index (χ0n) is 9.23. The van der Waals surface area contributed by atoms with E-state index in [-0.39, 0.29) is 8.15 Å². The van der Waals surface area contributed by atoms with Gasteiger partial charge in [0.25, 0.3) is 0 Å². The Hall–Kier alpha value is -0.550. The maximum atomic E-state index is 5.83. The molecular formula is C12H19OP. The average molecular weight is 210 g/mol. The Balaban J connectivity index is 2.30. The molecule has 1 unspecified atom stereocenters. The molecule has 0 spiro atoms. The first-order valence-corrected chi connectivity index (χ1v) is 7.02. The Bertz CT molecular complexity index is 246. The highest BCUT2D eigenvalue weighted by molar-refractivity contribution is 7.52. The van der Waals surface area contributed by atoms with Crippen LogP contribution in [0.5, 0.6) is 5.75 Å². The highest BCUT2D eigenvalue weighted by Gasteiger charge is 2.04. The second-order valence-electron chi connectivity index (χ2n) is 3.94. The van der Waals surface area contributed by atoms with Crippen molar-refractivity contribution in [1.29, 1.82) is 0 Å². The molecule has 0 aliphatic heterocycles. The molecule has 1 aromatic rings. The van der Waals surface area contributed by atoms with Crippen LogP contribution >= 0.6 is 8.15 Å². The lowest BCUT2D eigenvalue weighted by Crippen LogP contribution is -1.95. The van der Waals surface area contributed by atoms with E-state index in [0.29, 0.717) is 0 Å². The van der Waals surface area contributed by atoms with E-state index in [1.165, 1.54) is 12.6 Å². The fraction of sp³-hybridized carbons (Fsp3) is 0.500. The quantitative estimate of drug-likeness (QED) is 0.664. The van der Waals surface area contributed by atoms with Gasteiger partial charge in [-0.25, -0.2) is 0 Å². The summed E-state index contributed by atoms with van der Waals surface area (Å²) in [6, 6.07) is 10.1. The van der Waals surface area contributed by atoms with Gasteiger partial charge in [0.1, 0.15) is 5.75 Å². The first-order chi connectivity index (χ1) is 6.68. The van der Waals surface area contributed by atoms with Gasteiger partial charge in [-0.2, -0.15) is 0 Å². The molecule has 1 rings (SSSR count). The van der Waals surface area contributed by atoms with Crippen LogP contribution in [0, 0.1) is 5.92 Å². The van der Waals surface area contributed by atoms with Crippen molar-refractivity contribution < 1.29 is 4.52 Å². The van der Waals surface area contributed by atoms with Gasteiger partial charge in [0.05, 0.1) is 8.15 Å². The van der Waals surface area contributed by atoms with Crippen LogP contribution < -0.4 is 4.52 Å². The average Bonchev–Trinajstić information content (AvgIpc) is 2.16. The number of rotatable bonds is 5. The van der Waals surface area contributed by atoms with Gasteiger partial charge < -0.3 is 4.52 Å². The van der Waals surface area contributed by atoms with E-state index in [2.05, 4.69) is 20.5 Å². The van der Waals surface area contributed by atoms with Gasteiger partial charge in [-0.05, 0) is 31.1 Å². The van der Waals surface area contributed by atoms with E-state index in [4.69, 9.17) is 4.52 Å². The van der Waals surface area contributed by atoms with Crippen LogP contribution in [0.3, 0.4) is 0 Å². The van der Waals surface area contributed by atoms with Gasteiger partial charge in [0.2, 0.25) is 0 Å². The summed E-state index contributed by atoms with van der Waals surface area (Å²) in [5.74, 6) is 1.78. The molecule has 0 heterocycles. The van der Waals surface area contributed by atoms with Gasteiger partial charge in [-0.3, -0.25) is 0 Å². The second-order valence-corrected chi connectivity index (χ2v) is 5.82. The van der Waals surface area contributed by atoms with E-state index in [1.807, 2.05) is 30.3 Å². The summed E-state index contributed by atoms with van der Waals surface area (Å²) in [6.07, 6.45) is 2.46. The molecule has 0 aliphatic rings. The van der Waals surface area contributed by atoms with Crippen molar-refractivity contribution in [2.45, 2.75) is 20.3 Å². The maximum absolute atomic E-state index is 5.83. The van der Waals surface area contributed by atoms with Crippen molar-refractivity contribution >= 4 is 8.15 Å². The van der Waals surface area contributed by atoms with E-state index in [1.54, 1.807) is 0 Å². The number of benzene rings is 1. The fourth-order valence-electron chi connectivity index (χ4n) is 1.15. The summed E-state index contributed by atoms with van der Waals surface area (Å²) in [5, 5.41) is 0. The van der Waals surface area contributed by atoms with Crippen LogP contribution in [0.25, 0.3) is 0 Å². The van der Waals surface area contributed by atoms with Crippen LogP contribution in [-0.4, -0.2) is 12.8 Å². The number of hydrogen-bond donors (Lipinski definition) is 0. The van der Waals surface area contributed by atoms with Gasteiger partial charge in [-0.1, -0.05) is 32.0 Å². The fourth-order valence-corrected chi connectivity index (χ4v) is 2.60. The molecule has 0 aromatic heterocycles. The molecule has 0 radical (unpaired) electrons. The first-order valence-electron chi connectivity index (χ1n) is 5.12. The highest BCUT2D eigenvalue weighted by atomic mass is 31.1. The lowest BCUT2D eigenvalue weighted by atomic mass is 10.2. The number of para-hydroxylation sites is 1. The van der Waals surface area contributed by atoms with Gasteiger partial charge in [-0.15, -0.1) is 0 Å². The van der Waals surface area contributed by atoms with Gasteiger partial charge in [0.15, 0.2) is 0 Å². The highest BCUT2D eigenvalue weighted by Crippen LogP contribution is 2.35. The smallest absolute Gasteiger partial charge is 0.123 e. The minimum atomic E-state index is -0.289. The van der Waals surface area contributed by atoms with Crippen molar-refractivity contribution in [3.8, 4) is 5.75 Å². The maximum Gasteiger partial charge on any atom is 0.123 e. The zero-order chi connectivity index (χ0) is 10.4. The zero-order valence-corrected chi connectivity index (χ0v) is 10.1. The largest absolute Gasteiger partial charge is 0.474 e. The third-order valence-electron chi connectivity index (χ3n) is 2.03. The van der Waals surface area contributed by atoms with Crippen LogP contribution in [-0.2, 0) is 0 Å². The molecule has 1 atom stereocenters. The summed E-state index contributed by atoms with van der Waals surface area (Å²) >= 11 is 0. The Morgan fingerprint density at radius 3 is 2.43 bits per heavy atom. The summed E-state index contributed by atoms with van der Waals surface area (Å²) in [6.45, 7) is 6.71. The summed E-state index contributed by atoms with van der Waals surface area (Å²) < 4.78 is 5.83. The van der Waals surface area contributed by atoms with Crippen molar-refractivity contribution in [3.05, 3.63) is 30.3 Å². The predicted molar refractivity (Wildman–Crippen MR) is 64.2 cm³/mol.